The van der Waals surface area contributed by atoms with Crippen molar-refractivity contribution in [1.82, 2.24) is 19.5 Å². The van der Waals surface area contributed by atoms with Gasteiger partial charge in [-0.2, -0.15) is 5.10 Å². The van der Waals surface area contributed by atoms with Crippen LogP contribution in [0.3, 0.4) is 0 Å². The number of carbonyl (C=O) groups excluding carboxylic acids is 1. The minimum atomic E-state index is -3.47. The Balaban J connectivity index is 1.63. The molecule has 0 saturated heterocycles. The fourth-order valence-corrected chi connectivity index (χ4v) is 4.15. The van der Waals surface area contributed by atoms with Crippen LogP contribution in [0.2, 0.25) is 0 Å². The zero-order valence-electron chi connectivity index (χ0n) is 18.7. The SMILES string of the molecule is CNS(=O)(=O)CCC(=O)Nc1ccc(-c2ccccc2)cc1-c1ccn(Cc2cccnc2)n1. The van der Waals surface area contributed by atoms with E-state index in [0.29, 0.717) is 17.9 Å². The zero-order chi connectivity index (χ0) is 24.0. The van der Waals surface area contributed by atoms with Crippen molar-refractivity contribution in [3.63, 3.8) is 0 Å². The summed E-state index contributed by atoms with van der Waals surface area (Å²) in [4.78, 5) is 16.7. The van der Waals surface area contributed by atoms with Crippen molar-refractivity contribution in [1.29, 1.82) is 0 Å². The summed E-state index contributed by atoms with van der Waals surface area (Å²) < 4.78 is 27.4. The Bertz CT molecular complexity index is 1370. The second-order valence-electron chi connectivity index (χ2n) is 7.71. The molecule has 2 N–H and O–H groups in total. The average molecular weight is 476 g/mol. The summed E-state index contributed by atoms with van der Waals surface area (Å²) in [7, 11) is -2.14. The highest BCUT2D eigenvalue weighted by Gasteiger charge is 2.15. The van der Waals surface area contributed by atoms with E-state index in [-0.39, 0.29) is 18.1 Å². The summed E-state index contributed by atoms with van der Waals surface area (Å²) in [6.07, 6.45) is 5.24. The van der Waals surface area contributed by atoms with Gasteiger partial charge in [-0.15, -0.1) is 0 Å². The molecule has 0 radical (unpaired) electrons. The van der Waals surface area contributed by atoms with Gasteiger partial charge < -0.3 is 5.32 Å². The lowest BCUT2D eigenvalue weighted by atomic mass is 10.00. The minimum absolute atomic E-state index is 0.154. The van der Waals surface area contributed by atoms with Crippen LogP contribution >= 0.6 is 0 Å². The molecule has 0 bridgehead atoms. The van der Waals surface area contributed by atoms with Crippen LogP contribution < -0.4 is 10.0 Å². The molecule has 0 aliphatic carbocycles. The third-order valence-electron chi connectivity index (χ3n) is 5.29. The number of hydrogen-bond acceptors (Lipinski definition) is 5. The van der Waals surface area contributed by atoms with Gasteiger partial charge in [-0.05, 0) is 48.0 Å². The number of rotatable bonds is 9. The highest BCUT2D eigenvalue weighted by atomic mass is 32.2. The van der Waals surface area contributed by atoms with Crippen LogP contribution in [-0.4, -0.2) is 41.9 Å². The number of nitrogens with one attached hydrogen (secondary N) is 2. The first-order chi connectivity index (χ1) is 16.4. The van der Waals surface area contributed by atoms with Crippen molar-refractivity contribution >= 4 is 21.6 Å². The zero-order valence-corrected chi connectivity index (χ0v) is 19.5. The molecule has 9 heteroatoms. The lowest BCUT2D eigenvalue weighted by Crippen LogP contribution is -2.25. The summed E-state index contributed by atoms with van der Waals surface area (Å²) >= 11 is 0. The Labute approximate surface area is 198 Å². The number of anilines is 1. The van der Waals surface area contributed by atoms with Gasteiger partial charge in [0.2, 0.25) is 15.9 Å². The Morgan fingerprint density at radius 1 is 1.00 bits per heavy atom. The Morgan fingerprint density at radius 3 is 2.56 bits per heavy atom. The van der Waals surface area contributed by atoms with Gasteiger partial charge in [0.25, 0.3) is 0 Å². The number of amides is 1. The topological polar surface area (TPSA) is 106 Å². The molecule has 8 nitrogen and oxygen atoms in total. The molecule has 174 valence electrons. The molecule has 2 aromatic carbocycles. The van der Waals surface area contributed by atoms with E-state index in [0.717, 1.165) is 22.3 Å². The van der Waals surface area contributed by atoms with Gasteiger partial charge in [-0.3, -0.25) is 14.5 Å². The third-order valence-corrected chi connectivity index (χ3v) is 6.66. The summed E-state index contributed by atoms with van der Waals surface area (Å²) in [5, 5.41) is 7.56. The fourth-order valence-electron chi connectivity index (χ4n) is 3.49. The van der Waals surface area contributed by atoms with E-state index < -0.39 is 10.0 Å². The van der Waals surface area contributed by atoms with E-state index in [1.54, 1.807) is 12.4 Å². The van der Waals surface area contributed by atoms with Crippen molar-refractivity contribution in [3.8, 4) is 22.4 Å². The van der Waals surface area contributed by atoms with Crippen LogP contribution in [-0.2, 0) is 21.4 Å². The molecule has 0 atom stereocenters. The van der Waals surface area contributed by atoms with Crippen molar-refractivity contribution < 1.29 is 13.2 Å². The molecule has 2 heterocycles. The monoisotopic (exact) mass is 475 g/mol. The highest BCUT2D eigenvalue weighted by Crippen LogP contribution is 2.32. The molecule has 1 amide bonds. The van der Waals surface area contributed by atoms with Gasteiger partial charge in [0.15, 0.2) is 0 Å². The largest absolute Gasteiger partial charge is 0.325 e. The standard InChI is InChI=1S/C25H25N5O3S/c1-26-34(32,33)15-12-25(31)28-23-10-9-21(20-7-3-2-4-8-20)16-22(23)24-11-14-30(29-24)18-19-6-5-13-27-17-19/h2-11,13-14,16-17,26H,12,15,18H2,1H3,(H,28,31). The maximum atomic E-state index is 12.5. The first kappa shape index (κ1) is 23.3. The number of hydrogen-bond donors (Lipinski definition) is 2. The maximum Gasteiger partial charge on any atom is 0.225 e. The predicted molar refractivity (Wildman–Crippen MR) is 133 cm³/mol. The van der Waals surface area contributed by atoms with Crippen LogP contribution in [0.1, 0.15) is 12.0 Å². The second-order valence-corrected chi connectivity index (χ2v) is 9.75. The Kier molecular flexibility index (Phi) is 7.15. The minimum Gasteiger partial charge on any atom is -0.325 e. The van der Waals surface area contributed by atoms with E-state index >= 15 is 0 Å². The number of sulfonamides is 1. The van der Waals surface area contributed by atoms with Crippen LogP contribution in [0.15, 0.2) is 85.3 Å². The van der Waals surface area contributed by atoms with Crippen LogP contribution in [0.5, 0.6) is 0 Å². The molecular weight excluding hydrogens is 450 g/mol. The van der Waals surface area contributed by atoms with E-state index in [9.17, 15) is 13.2 Å². The van der Waals surface area contributed by atoms with E-state index in [1.165, 1.54) is 7.05 Å². The number of carbonyl (C=O) groups is 1. The van der Waals surface area contributed by atoms with E-state index in [4.69, 9.17) is 5.10 Å². The van der Waals surface area contributed by atoms with Crippen molar-refractivity contribution in [2.75, 3.05) is 18.1 Å². The summed E-state index contributed by atoms with van der Waals surface area (Å²) in [6, 6.07) is 21.4. The fraction of sp³-hybridized carbons (Fsp3) is 0.160. The quantitative estimate of drug-likeness (QED) is 0.385. The van der Waals surface area contributed by atoms with Crippen LogP contribution in [0, 0.1) is 0 Å². The first-order valence-corrected chi connectivity index (χ1v) is 12.4. The molecule has 0 aliphatic rings. The van der Waals surface area contributed by atoms with Crippen LogP contribution in [0.25, 0.3) is 22.4 Å². The smallest absolute Gasteiger partial charge is 0.225 e. The van der Waals surface area contributed by atoms with E-state index in [2.05, 4.69) is 15.0 Å². The molecule has 4 rings (SSSR count). The molecule has 0 fully saturated rings. The molecule has 2 aromatic heterocycles. The summed E-state index contributed by atoms with van der Waals surface area (Å²) in [5.41, 5.74) is 5.05. The van der Waals surface area contributed by atoms with Gasteiger partial charge in [0.1, 0.15) is 0 Å². The lowest BCUT2D eigenvalue weighted by Gasteiger charge is -2.12. The van der Waals surface area contributed by atoms with Crippen molar-refractivity contribution in [2.45, 2.75) is 13.0 Å². The average Bonchev–Trinajstić information content (AvgIpc) is 3.32. The van der Waals surface area contributed by atoms with Crippen molar-refractivity contribution in [3.05, 3.63) is 90.9 Å². The number of pyridine rings is 1. The summed E-state index contributed by atoms with van der Waals surface area (Å²) in [6.45, 7) is 0.565. The third kappa shape index (κ3) is 5.94. The maximum absolute atomic E-state index is 12.5. The second kappa shape index (κ2) is 10.4. The number of benzene rings is 2. The number of aromatic nitrogens is 3. The van der Waals surface area contributed by atoms with Gasteiger partial charge in [0, 0.05) is 30.6 Å². The molecule has 4 aromatic rings. The molecule has 34 heavy (non-hydrogen) atoms. The van der Waals surface area contributed by atoms with Gasteiger partial charge in [0.05, 0.1) is 23.7 Å². The normalized spacial score (nSPS) is 11.3. The van der Waals surface area contributed by atoms with Crippen LogP contribution in [0.4, 0.5) is 5.69 Å². The molecule has 0 spiro atoms. The molecule has 0 unspecified atom stereocenters. The molecule has 0 aliphatic heterocycles. The van der Waals surface area contributed by atoms with Gasteiger partial charge >= 0.3 is 0 Å². The van der Waals surface area contributed by atoms with Gasteiger partial charge in [-0.25, -0.2) is 13.1 Å². The Morgan fingerprint density at radius 2 is 1.82 bits per heavy atom. The number of nitrogens with zero attached hydrogens (tertiary/aromatic N) is 3. The van der Waals surface area contributed by atoms with Gasteiger partial charge in [-0.1, -0.05) is 42.5 Å². The Hall–Kier alpha value is -3.82. The lowest BCUT2D eigenvalue weighted by molar-refractivity contribution is -0.115. The molecule has 0 saturated carbocycles. The van der Waals surface area contributed by atoms with E-state index in [1.807, 2.05) is 77.6 Å². The first-order valence-electron chi connectivity index (χ1n) is 10.8. The predicted octanol–water partition coefficient (Wildman–Crippen LogP) is 3.54. The molecular formula is C25H25N5O3S. The summed E-state index contributed by atoms with van der Waals surface area (Å²) in [5.74, 6) is -0.672. The van der Waals surface area contributed by atoms with Crippen molar-refractivity contribution in [2.24, 2.45) is 0 Å². The highest BCUT2D eigenvalue weighted by molar-refractivity contribution is 7.89.